The average molecular weight is 417 g/mol. The van der Waals surface area contributed by atoms with Crippen molar-refractivity contribution >= 4 is 27.7 Å². The fraction of sp³-hybridized carbons (Fsp3) is 0.200. The van der Waals surface area contributed by atoms with Crippen molar-refractivity contribution < 1.29 is 14.0 Å². The number of rotatable bonds is 4. The Kier molecular flexibility index (Phi) is 5.52. The van der Waals surface area contributed by atoms with Crippen molar-refractivity contribution in [2.75, 3.05) is 6.54 Å². The number of carbonyl (C=O) groups excluding carboxylic acids is 2. The number of carbonyl (C=O) groups is 2. The summed E-state index contributed by atoms with van der Waals surface area (Å²) in [6.07, 6.45) is 1.90. The zero-order chi connectivity index (χ0) is 18.7. The molecule has 0 saturated heterocycles. The quantitative estimate of drug-likeness (QED) is 0.774. The molecule has 2 aromatic carbocycles. The molecule has 1 aliphatic rings. The van der Waals surface area contributed by atoms with Crippen LogP contribution in [-0.2, 0) is 24.3 Å². The molecule has 0 saturated carbocycles. The van der Waals surface area contributed by atoms with Crippen LogP contribution >= 0.6 is 15.9 Å². The number of benzene rings is 2. The van der Waals surface area contributed by atoms with Gasteiger partial charge in [-0.1, -0.05) is 34.6 Å². The molecular weight excluding hydrogens is 399 g/mol. The Balaban J connectivity index is 1.69. The first-order valence-corrected chi connectivity index (χ1v) is 9.02. The normalized spacial score (nSPS) is 13.1. The Hall–Kier alpha value is -2.47. The van der Waals surface area contributed by atoms with E-state index in [1.165, 1.54) is 18.2 Å². The highest BCUT2D eigenvalue weighted by molar-refractivity contribution is 9.10. The second-order valence-corrected chi connectivity index (χ2v) is 6.98. The zero-order valence-corrected chi connectivity index (χ0v) is 15.7. The van der Waals surface area contributed by atoms with Crippen LogP contribution in [0.25, 0.3) is 0 Å². The molecule has 0 fully saturated rings. The number of amides is 2. The van der Waals surface area contributed by atoms with Gasteiger partial charge in [0.25, 0.3) is 5.91 Å². The van der Waals surface area contributed by atoms with E-state index in [0.29, 0.717) is 31.6 Å². The smallest absolute Gasteiger partial charge is 0.254 e. The molecule has 0 unspecified atom stereocenters. The molecule has 2 aromatic rings. The lowest BCUT2D eigenvalue weighted by molar-refractivity contribution is -0.116. The van der Waals surface area contributed by atoms with Gasteiger partial charge in [0, 0.05) is 29.7 Å². The maximum Gasteiger partial charge on any atom is 0.254 e. The molecule has 0 radical (unpaired) electrons. The summed E-state index contributed by atoms with van der Waals surface area (Å²) in [6, 6.07) is 10.1. The fourth-order valence-electron chi connectivity index (χ4n) is 2.99. The van der Waals surface area contributed by atoms with Gasteiger partial charge in [-0.25, -0.2) is 4.39 Å². The van der Waals surface area contributed by atoms with Gasteiger partial charge in [0.15, 0.2) is 0 Å². The van der Waals surface area contributed by atoms with Gasteiger partial charge in [0.2, 0.25) is 5.91 Å². The number of nitrogens with one attached hydrogen (secondary N) is 1. The van der Waals surface area contributed by atoms with Crippen LogP contribution in [0.15, 0.2) is 53.5 Å². The number of fused-ring (bicyclic) bond motifs is 1. The van der Waals surface area contributed by atoms with E-state index >= 15 is 0 Å². The highest BCUT2D eigenvalue weighted by Gasteiger charge is 2.23. The molecule has 1 heterocycles. The lowest BCUT2D eigenvalue weighted by atomic mass is 9.99. The van der Waals surface area contributed by atoms with Crippen molar-refractivity contribution in [2.45, 2.75) is 19.5 Å². The predicted octanol–water partition coefficient (Wildman–Crippen LogP) is 3.59. The van der Waals surface area contributed by atoms with Gasteiger partial charge >= 0.3 is 0 Å². The van der Waals surface area contributed by atoms with Gasteiger partial charge in [-0.2, -0.15) is 0 Å². The third-order valence-corrected chi connectivity index (χ3v) is 5.09. The van der Waals surface area contributed by atoms with E-state index in [0.717, 1.165) is 21.2 Å². The van der Waals surface area contributed by atoms with Gasteiger partial charge in [0.05, 0.1) is 0 Å². The summed E-state index contributed by atoms with van der Waals surface area (Å²) < 4.78 is 14.4. The molecule has 134 valence electrons. The van der Waals surface area contributed by atoms with Crippen LogP contribution in [0.1, 0.15) is 27.0 Å². The first kappa shape index (κ1) is 18.3. The second-order valence-electron chi connectivity index (χ2n) is 6.12. The van der Waals surface area contributed by atoms with Crippen molar-refractivity contribution in [1.29, 1.82) is 0 Å². The summed E-state index contributed by atoms with van der Waals surface area (Å²) in [7, 11) is 0. The Morgan fingerprint density at radius 1 is 1.27 bits per heavy atom. The second kappa shape index (κ2) is 7.83. The van der Waals surface area contributed by atoms with E-state index in [9.17, 15) is 14.0 Å². The molecule has 0 spiro atoms. The van der Waals surface area contributed by atoms with Crippen LogP contribution in [-0.4, -0.2) is 23.3 Å². The van der Waals surface area contributed by atoms with Crippen molar-refractivity contribution in [3.8, 4) is 0 Å². The van der Waals surface area contributed by atoms with Crippen LogP contribution in [0, 0.1) is 5.82 Å². The van der Waals surface area contributed by atoms with Gasteiger partial charge in [0.1, 0.15) is 5.82 Å². The van der Waals surface area contributed by atoms with Crippen molar-refractivity contribution in [3.05, 3.63) is 81.6 Å². The van der Waals surface area contributed by atoms with Crippen LogP contribution in [0.2, 0.25) is 0 Å². The van der Waals surface area contributed by atoms with Gasteiger partial charge < -0.3 is 10.2 Å². The van der Waals surface area contributed by atoms with E-state index in [-0.39, 0.29) is 17.6 Å². The molecule has 3 rings (SSSR count). The van der Waals surface area contributed by atoms with Crippen LogP contribution < -0.4 is 5.32 Å². The lowest BCUT2D eigenvalue weighted by Crippen LogP contribution is -2.36. The topological polar surface area (TPSA) is 49.4 Å². The molecule has 0 aromatic heterocycles. The molecule has 1 N–H and O–H groups in total. The number of halogens is 2. The Labute approximate surface area is 159 Å². The highest BCUT2D eigenvalue weighted by atomic mass is 79.9. The summed E-state index contributed by atoms with van der Waals surface area (Å²) in [4.78, 5) is 25.7. The SMILES string of the molecule is C=CC(=O)NCc1ccc(C(=O)N2CCc3c(Br)cc(F)cc3C2)cc1. The minimum atomic E-state index is -0.309. The summed E-state index contributed by atoms with van der Waals surface area (Å²) in [5.74, 6) is -0.635. The highest BCUT2D eigenvalue weighted by Crippen LogP contribution is 2.28. The summed E-state index contributed by atoms with van der Waals surface area (Å²) in [6.45, 7) is 4.76. The maximum absolute atomic E-state index is 13.6. The molecule has 26 heavy (non-hydrogen) atoms. The summed E-state index contributed by atoms with van der Waals surface area (Å²) in [5, 5.41) is 2.69. The van der Waals surface area contributed by atoms with Crippen molar-refractivity contribution in [1.82, 2.24) is 10.2 Å². The minimum Gasteiger partial charge on any atom is -0.348 e. The number of nitrogens with zero attached hydrogens (tertiary/aromatic N) is 1. The van der Waals surface area contributed by atoms with Crippen LogP contribution in [0.5, 0.6) is 0 Å². The number of hydrogen-bond acceptors (Lipinski definition) is 2. The van der Waals surface area contributed by atoms with Crippen LogP contribution in [0.4, 0.5) is 4.39 Å². The van der Waals surface area contributed by atoms with E-state index in [2.05, 4.69) is 27.8 Å². The lowest BCUT2D eigenvalue weighted by Gasteiger charge is -2.29. The molecule has 0 aliphatic carbocycles. The molecular formula is C20H18BrFN2O2. The summed E-state index contributed by atoms with van der Waals surface area (Å²) >= 11 is 3.39. The standard InChI is InChI=1S/C20H18BrFN2O2/c1-2-19(25)23-11-13-3-5-14(6-4-13)20(26)24-8-7-17-15(12-24)9-16(22)10-18(17)21/h2-6,9-10H,1,7-8,11-12H2,(H,23,25). The van der Waals surface area contributed by atoms with Crippen molar-refractivity contribution in [3.63, 3.8) is 0 Å². The fourth-order valence-corrected chi connectivity index (χ4v) is 3.66. The number of hydrogen-bond donors (Lipinski definition) is 1. The predicted molar refractivity (Wildman–Crippen MR) is 101 cm³/mol. The molecule has 4 nitrogen and oxygen atoms in total. The van der Waals surface area contributed by atoms with E-state index in [1.807, 2.05) is 12.1 Å². The van der Waals surface area contributed by atoms with Gasteiger partial charge in [-0.15, -0.1) is 0 Å². The van der Waals surface area contributed by atoms with Crippen molar-refractivity contribution in [2.24, 2.45) is 0 Å². The van der Waals surface area contributed by atoms with Gasteiger partial charge in [-0.05, 0) is 53.5 Å². The Morgan fingerprint density at radius 3 is 2.69 bits per heavy atom. The van der Waals surface area contributed by atoms with E-state index in [1.54, 1.807) is 17.0 Å². The zero-order valence-electron chi connectivity index (χ0n) is 14.1. The molecule has 0 atom stereocenters. The molecule has 6 heteroatoms. The third-order valence-electron chi connectivity index (χ3n) is 4.39. The Morgan fingerprint density at radius 2 is 2.00 bits per heavy atom. The first-order valence-electron chi connectivity index (χ1n) is 8.23. The maximum atomic E-state index is 13.6. The third kappa shape index (κ3) is 4.02. The minimum absolute atomic E-state index is 0.0855. The van der Waals surface area contributed by atoms with Crippen LogP contribution in [0.3, 0.4) is 0 Å². The van der Waals surface area contributed by atoms with Gasteiger partial charge in [-0.3, -0.25) is 9.59 Å². The Bertz CT molecular complexity index is 865. The largest absolute Gasteiger partial charge is 0.348 e. The molecule has 0 bridgehead atoms. The monoisotopic (exact) mass is 416 g/mol. The molecule has 1 aliphatic heterocycles. The van der Waals surface area contributed by atoms with E-state index < -0.39 is 0 Å². The summed E-state index contributed by atoms with van der Waals surface area (Å²) in [5.41, 5.74) is 3.36. The molecule has 2 amide bonds. The first-order chi connectivity index (χ1) is 12.5. The average Bonchev–Trinajstić information content (AvgIpc) is 2.65. The van der Waals surface area contributed by atoms with E-state index in [4.69, 9.17) is 0 Å².